The van der Waals surface area contributed by atoms with Crippen LogP contribution in [0.25, 0.3) is 0 Å². The summed E-state index contributed by atoms with van der Waals surface area (Å²) in [5, 5.41) is 0. The van der Waals surface area contributed by atoms with E-state index >= 15 is 0 Å². The summed E-state index contributed by atoms with van der Waals surface area (Å²) < 4.78 is 5.45. The molecule has 2 aliphatic heterocycles. The van der Waals surface area contributed by atoms with E-state index in [2.05, 4.69) is 0 Å². The molecule has 0 N–H and O–H groups in total. The molecule has 2 rings (SSSR count). The number of morpholine rings is 1. The van der Waals surface area contributed by atoms with E-state index in [0.717, 1.165) is 19.6 Å². The Morgan fingerprint density at radius 3 is 2.54 bits per heavy atom. The predicted octanol–water partition coefficient (Wildman–Crippen LogP) is 1.03. The molecule has 1 amide bonds. The molecule has 0 aromatic carbocycles. The van der Waals surface area contributed by atoms with Crippen LogP contribution in [0.1, 0.15) is 27.2 Å². The molecule has 0 saturated carbocycles. The molecule has 3 nitrogen and oxygen atoms in total. The number of amides is 1. The van der Waals surface area contributed by atoms with E-state index in [0.29, 0.717) is 12.1 Å². The monoisotopic (exact) mass is 183 g/mol. The van der Waals surface area contributed by atoms with Gasteiger partial charge in [0.05, 0.1) is 18.8 Å². The van der Waals surface area contributed by atoms with E-state index in [1.165, 1.54) is 0 Å². The number of likely N-dealkylation sites (tertiary alicyclic amines) is 1. The summed E-state index contributed by atoms with van der Waals surface area (Å²) in [5.74, 6) is 0.267. The molecule has 2 bridgehead atoms. The summed E-state index contributed by atoms with van der Waals surface area (Å²) in [6.07, 6.45) is 1.36. The SMILES string of the molecule is CC(C)(C)C(=O)N1C[C@H]2C[C@@H]1CO2. The lowest BCUT2D eigenvalue weighted by atomic mass is 9.94. The van der Waals surface area contributed by atoms with Gasteiger partial charge in [0.25, 0.3) is 0 Å². The number of hydrogen-bond acceptors (Lipinski definition) is 2. The average molecular weight is 183 g/mol. The fourth-order valence-corrected chi connectivity index (χ4v) is 2.08. The van der Waals surface area contributed by atoms with Gasteiger partial charge >= 0.3 is 0 Å². The quantitative estimate of drug-likeness (QED) is 0.561. The van der Waals surface area contributed by atoms with E-state index < -0.39 is 0 Å². The van der Waals surface area contributed by atoms with Gasteiger partial charge in [-0.15, -0.1) is 0 Å². The fraction of sp³-hybridized carbons (Fsp3) is 0.900. The molecule has 0 spiro atoms. The highest BCUT2D eigenvalue weighted by Gasteiger charge is 2.43. The highest BCUT2D eigenvalue weighted by atomic mass is 16.5. The Kier molecular flexibility index (Phi) is 1.88. The lowest BCUT2D eigenvalue weighted by molar-refractivity contribution is -0.144. The number of rotatable bonds is 0. The van der Waals surface area contributed by atoms with Crippen molar-refractivity contribution in [2.45, 2.75) is 39.3 Å². The van der Waals surface area contributed by atoms with Crippen molar-refractivity contribution in [3.8, 4) is 0 Å². The zero-order valence-electron chi connectivity index (χ0n) is 8.54. The van der Waals surface area contributed by atoms with Gasteiger partial charge in [-0.1, -0.05) is 20.8 Å². The Hall–Kier alpha value is -0.570. The molecule has 0 unspecified atom stereocenters. The van der Waals surface area contributed by atoms with Gasteiger partial charge in [0.15, 0.2) is 0 Å². The number of carbonyl (C=O) groups is 1. The van der Waals surface area contributed by atoms with Crippen molar-refractivity contribution >= 4 is 5.91 Å². The Morgan fingerprint density at radius 2 is 2.15 bits per heavy atom. The van der Waals surface area contributed by atoms with Crippen LogP contribution in [-0.2, 0) is 9.53 Å². The van der Waals surface area contributed by atoms with Crippen molar-refractivity contribution in [2.24, 2.45) is 5.41 Å². The predicted molar refractivity (Wildman–Crippen MR) is 49.3 cm³/mol. The minimum atomic E-state index is -0.246. The van der Waals surface area contributed by atoms with E-state index in [9.17, 15) is 4.79 Å². The lowest BCUT2D eigenvalue weighted by Gasteiger charge is -2.32. The van der Waals surface area contributed by atoms with Gasteiger partial charge in [-0.25, -0.2) is 0 Å². The summed E-state index contributed by atoms with van der Waals surface area (Å²) in [5.41, 5.74) is -0.246. The van der Waals surface area contributed by atoms with Crippen molar-refractivity contribution in [3.05, 3.63) is 0 Å². The Bertz CT molecular complexity index is 232. The zero-order chi connectivity index (χ0) is 9.64. The number of hydrogen-bond donors (Lipinski definition) is 0. The molecule has 2 heterocycles. The van der Waals surface area contributed by atoms with Crippen LogP contribution in [-0.4, -0.2) is 36.1 Å². The van der Waals surface area contributed by atoms with Crippen molar-refractivity contribution in [2.75, 3.05) is 13.2 Å². The van der Waals surface area contributed by atoms with Crippen LogP contribution >= 0.6 is 0 Å². The van der Waals surface area contributed by atoms with Gasteiger partial charge < -0.3 is 9.64 Å². The van der Waals surface area contributed by atoms with Crippen LogP contribution in [0.5, 0.6) is 0 Å². The molecule has 2 atom stereocenters. The minimum absolute atomic E-state index is 0.246. The van der Waals surface area contributed by atoms with Crippen LogP contribution in [0.15, 0.2) is 0 Å². The van der Waals surface area contributed by atoms with Crippen molar-refractivity contribution < 1.29 is 9.53 Å². The first kappa shape index (κ1) is 9.00. The van der Waals surface area contributed by atoms with Gasteiger partial charge in [0.1, 0.15) is 0 Å². The van der Waals surface area contributed by atoms with Gasteiger partial charge in [0, 0.05) is 12.0 Å². The highest BCUT2D eigenvalue weighted by molar-refractivity contribution is 5.82. The van der Waals surface area contributed by atoms with Crippen LogP contribution in [0.4, 0.5) is 0 Å². The van der Waals surface area contributed by atoms with Gasteiger partial charge in [-0.2, -0.15) is 0 Å². The first-order valence-electron chi connectivity index (χ1n) is 4.91. The minimum Gasteiger partial charge on any atom is -0.374 e. The molecule has 2 aliphatic rings. The van der Waals surface area contributed by atoms with E-state index in [-0.39, 0.29) is 11.3 Å². The van der Waals surface area contributed by atoms with Crippen molar-refractivity contribution in [1.29, 1.82) is 0 Å². The molecular formula is C10H17NO2. The normalized spacial score (nSPS) is 32.7. The smallest absolute Gasteiger partial charge is 0.228 e. The summed E-state index contributed by atoms with van der Waals surface area (Å²) in [6.45, 7) is 7.47. The topological polar surface area (TPSA) is 29.5 Å². The molecule has 0 aliphatic carbocycles. The summed E-state index contributed by atoms with van der Waals surface area (Å²) in [4.78, 5) is 13.9. The second kappa shape index (κ2) is 2.71. The Balaban J connectivity index is 2.07. The Morgan fingerprint density at radius 1 is 1.46 bits per heavy atom. The van der Waals surface area contributed by atoms with E-state index in [4.69, 9.17) is 4.74 Å². The average Bonchev–Trinajstić information content (AvgIpc) is 2.60. The molecule has 2 saturated heterocycles. The fourth-order valence-electron chi connectivity index (χ4n) is 2.08. The third-order valence-electron chi connectivity index (χ3n) is 2.80. The Labute approximate surface area is 79.0 Å². The largest absolute Gasteiger partial charge is 0.374 e. The molecule has 74 valence electrons. The van der Waals surface area contributed by atoms with E-state index in [1.54, 1.807) is 0 Å². The van der Waals surface area contributed by atoms with Crippen LogP contribution < -0.4 is 0 Å². The number of nitrogens with zero attached hydrogens (tertiary/aromatic N) is 1. The van der Waals surface area contributed by atoms with Crippen LogP contribution in [0, 0.1) is 5.41 Å². The van der Waals surface area contributed by atoms with Gasteiger partial charge in [-0.05, 0) is 6.42 Å². The highest BCUT2D eigenvalue weighted by Crippen LogP contribution is 2.31. The van der Waals surface area contributed by atoms with Gasteiger partial charge in [-0.3, -0.25) is 4.79 Å². The molecular weight excluding hydrogens is 166 g/mol. The number of carbonyl (C=O) groups excluding carboxylic acids is 1. The summed E-state index contributed by atoms with van der Waals surface area (Å²) in [6, 6.07) is 0.358. The third kappa shape index (κ3) is 1.46. The second-order valence-corrected chi connectivity index (χ2v) is 5.05. The van der Waals surface area contributed by atoms with Crippen molar-refractivity contribution in [3.63, 3.8) is 0 Å². The standard InChI is InChI=1S/C10H17NO2/c1-10(2,3)9(12)11-5-8-4-7(11)6-13-8/h7-8H,4-6H2,1-3H3/t7-,8-/m1/s1. The summed E-state index contributed by atoms with van der Waals surface area (Å²) >= 11 is 0. The molecule has 2 fully saturated rings. The number of fused-ring (bicyclic) bond motifs is 2. The van der Waals surface area contributed by atoms with Crippen LogP contribution in [0.2, 0.25) is 0 Å². The molecule has 3 heteroatoms. The van der Waals surface area contributed by atoms with Crippen LogP contribution in [0.3, 0.4) is 0 Å². The third-order valence-corrected chi connectivity index (χ3v) is 2.80. The molecule has 13 heavy (non-hydrogen) atoms. The lowest BCUT2D eigenvalue weighted by Crippen LogP contribution is -2.46. The first-order chi connectivity index (χ1) is 5.98. The maximum absolute atomic E-state index is 11.9. The first-order valence-corrected chi connectivity index (χ1v) is 4.91. The molecule has 0 aromatic rings. The summed E-state index contributed by atoms with van der Waals surface area (Å²) in [7, 11) is 0. The maximum atomic E-state index is 11.9. The second-order valence-electron chi connectivity index (χ2n) is 5.05. The maximum Gasteiger partial charge on any atom is 0.228 e. The van der Waals surface area contributed by atoms with E-state index in [1.807, 2.05) is 25.7 Å². The number of ether oxygens (including phenoxy) is 1. The van der Waals surface area contributed by atoms with Crippen molar-refractivity contribution in [1.82, 2.24) is 4.90 Å². The molecule has 0 aromatic heterocycles. The molecule has 0 radical (unpaired) electrons. The van der Waals surface area contributed by atoms with Gasteiger partial charge in [0.2, 0.25) is 5.91 Å². The zero-order valence-corrected chi connectivity index (χ0v) is 8.54.